The third-order valence-electron chi connectivity index (χ3n) is 2.18. The van der Waals surface area contributed by atoms with Crippen molar-refractivity contribution in [3.63, 3.8) is 0 Å². The van der Waals surface area contributed by atoms with E-state index >= 15 is 0 Å². The Balaban J connectivity index is 2.21. The van der Waals surface area contributed by atoms with Crippen molar-refractivity contribution in [3.05, 3.63) is 11.9 Å². The SMILES string of the molecule is CCc1nc(NN)cc(Sc2nnc(N(C)C)s2)n1. The highest BCUT2D eigenvalue weighted by molar-refractivity contribution is 8.01. The lowest BCUT2D eigenvalue weighted by Gasteiger charge is -2.05. The van der Waals surface area contributed by atoms with E-state index in [0.29, 0.717) is 5.82 Å². The molecule has 0 spiro atoms. The molecule has 7 nitrogen and oxygen atoms in total. The summed E-state index contributed by atoms with van der Waals surface area (Å²) < 4.78 is 0.840. The van der Waals surface area contributed by atoms with Crippen LogP contribution in [0.4, 0.5) is 10.9 Å². The quantitative estimate of drug-likeness (QED) is 0.486. The maximum atomic E-state index is 5.40. The van der Waals surface area contributed by atoms with Crippen molar-refractivity contribution in [2.24, 2.45) is 5.84 Å². The maximum Gasteiger partial charge on any atom is 0.208 e. The Morgan fingerprint density at radius 3 is 2.74 bits per heavy atom. The Bertz CT molecular complexity index is 532. The second-order valence-corrected chi connectivity index (χ2v) is 6.08. The van der Waals surface area contributed by atoms with Gasteiger partial charge in [0, 0.05) is 26.6 Å². The number of nitrogen functional groups attached to an aromatic ring is 1. The minimum atomic E-state index is 0.603. The van der Waals surface area contributed by atoms with Crippen LogP contribution in [0, 0.1) is 0 Å². The van der Waals surface area contributed by atoms with E-state index in [1.54, 1.807) is 6.07 Å². The first kappa shape index (κ1) is 14.0. The van der Waals surface area contributed by atoms with Gasteiger partial charge in [-0.25, -0.2) is 15.8 Å². The summed E-state index contributed by atoms with van der Waals surface area (Å²) in [6, 6.07) is 1.79. The smallest absolute Gasteiger partial charge is 0.208 e. The third kappa shape index (κ3) is 3.52. The van der Waals surface area contributed by atoms with E-state index in [2.05, 4.69) is 25.6 Å². The molecule has 0 aliphatic carbocycles. The highest BCUT2D eigenvalue weighted by atomic mass is 32.2. The molecule has 3 N–H and O–H groups in total. The summed E-state index contributed by atoms with van der Waals surface area (Å²) in [5, 5.41) is 9.88. The van der Waals surface area contributed by atoms with Crippen molar-refractivity contribution in [2.45, 2.75) is 22.7 Å². The number of hydrazine groups is 1. The first-order valence-electron chi connectivity index (χ1n) is 5.65. The van der Waals surface area contributed by atoms with Crippen LogP contribution in [0.3, 0.4) is 0 Å². The number of nitrogens with one attached hydrogen (secondary N) is 1. The Hall–Kier alpha value is -1.45. The molecule has 0 aliphatic heterocycles. The van der Waals surface area contributed by atoms with Crippen molar-refractivity contribution in [1.29, 1.82) is 0 Å². The molecule has 0 aromatic carbocycles. The number of anilines is 2. The van der Waals surface area contributed by atoms with Crippen molar-refractivity contribution >= 4 is 34.0 Å². The molecule has 2 heterocycles. The minimum Gasteiger partial charge on any atom is -0.353 e. The lowest BCUT2D eigenvalue weighted by molar-refractivity contribution is 0.886. The number of nitrogens with two attached hydrogens (primary N) is 1. The van der Waals surface area contributed by atoms with Gasteiger partial charge >= 0.3 is 0 Å². The summed E-state index contributed by atoms with van der Waals surface area (Å²) in [4.78, 5) is 10.6. The van der Waals surface area contributed by atoms with E-state index in [4.69, 9.17) is 5.84 Å². The van der Waals surface area contributed by atoms with Gasteiger partial charge in [-0.15, -0.1) is 10.2 Å². The molecule has 0 atom stereocenters. The van der Waals surface area contributed by atoms with Gasteiger partial charge in [-0.05, 0) is 11.8 Å². The fourth-order valence-electron chi connectivity index (χ4n) is 1.27. The lowest BCUT2D eigenvalue weighted by Crippen LogP contribution is -2.10. The molecule has 9 heteroatoms. The van der Waals surface area contributed by atoms with Crippen LogP contribution in [0.2, 0.25) is 0 Å². The second kappa shape index (κ2) is 6.13. The monoisotopic (exact) mass is 297 g/mol. The van der Waals surface area contributed by atoms with Crippen molar-refractivity contribution in [2.75, 3.05) is 24.4 Å². The summed E-state index contributed by atoms with van der Waals surface area (Å²) in [6.45, 7) is 2.00. The molecule has 0 amide bonds. The zero-order chi connectivity index (χ0) is 13.8. The Morgan fingerprint density at radius 2 is 2.16 bits per heavy atom. The van der Waals surface area contributed by atoms with Gasteiger partial charge in [0.1, 0.15) is 16.7 Å². The van der Waals surface area contributed by atoms with Crippen LogP contribution in [0.25, 0.3) is 0 Å². The summed E-state index contributed by atoms with van der Waals surface area (Å²) in [5.41, 5.74) is 2.55. The highest BCUT2D eigenvalue weighted by Crippen LogP contribution is 2.32. The van der Waals surface area contributed by atoms with Gasteiger partial charge in [0.15, 0.2) is 4.34 Å². The summed E-state index contributed by atoms with van der Waals surface area (Å²) >= 11 is 2.97. The number of hydrogen-bond donors (Lipinski definition) is 2. The van der Waals surface area contributed by atoms with Gasteiger partial charge in [0.2, 0.25) is 5.13 Å². The molecule has 2 aromatic heterocycles. The first-order valence-corrected chi connectivity index (χ1v) is 7.29. The molecule has 0 aliphatic rings. The van der Waals surface area contributed by atoms with Crippen LogP contribution in [0.1, 0.15) is 12.7 Å². The summed E-state index contributed by atoms with van der Waals surface area (Å²) in [6.07, 6.45) is 0.752. The van der Waals surface area contributed by atoms with E-state index in [1.165, 1.54) is 23.1 Å². The average Bonchev–Trinajstić information content (AvgIpc) is 2.87. The molecule has 0 fully saturated rings. The molecule has 0 saturated carbocycles. The van der Waals surface area contributed by atoms with E-state index in [-0.39, 0.29) is 0 Å². The average molecular weight is 297 g/mol. The van der Waals surface area contributed by atoms with Gasteiger partial charge in [0.05, 0.1) is 0 Å². The number of aryl methyl sites for hydroxylation is 1. The zero-order valence-electron chi connectivity index (χ0n) is 10.9. The van der Waals surface area contributed by atoms with E-state index < -0.39 is 0 Å². The van der Waals surface area contributed by atoms with Crippen LogP contribution in [-0.2, 0) is 6.42 Å². The maximum absolute atomic E-state index is 5.40. The Morgan fingerprint density at radius 1 is 1.37 bits per heavy atom. The predicted octanol–water partition coefficient (Wildman–Crippen LogP) is 1.39. The van der Waals surface area contributed by atoms with Gasteiger partial charge in [-0.2, -0.15) is 0 Å². The number of aromatic nitrogens is 4. The van der Waals surface area contributed by atoms with Crippen molar-refractivity contribution in [3.8, 4) is 0 Å². The normalized spacial score (nSPS) is 10.5. The minimum absolute atomic E-state index is 0.603. The second-order valence-electron chi connectivity index (χ2n) is 3.85. The Labute approximate surface area is 119 Å². The van der Waals surface area contributed by atoms with E-state index in [1.807, 2.05) is 25.9 Å². The summed E-state index contributed by atoms with van der Waals surface area (Å²) in [5.74, 6) is 6.75. The first-order chi connectivity index (χ1) is 9.12. The molecule has 0 radical (unpaired) electrons. The molecular formula is C10H15N7S2. The van der Waals surface area contributed by atoms with Crippen LogP contribution >= 0.6 is 23.1 Å². The standard InChI is InChI=1S/C10H15N7S2/c1-4-6-12-7(14-11)5-8(13-6)18-10-16-15-9(19-10)17(2)3/h5H,4,11H2,1-3H3,(H,12,13,14). The molecule has 0 bridgehead atoms. The molecule has 2 aromatic rings. The fraction of sp³-hybridized carbons (Fsp3) is 0.400. The molecule has 102 valence electrons. The third-order valence-corrected chi connectivity index (χ3v) is 4.24. The zero-order valence-corrected chi connectivity index (χ0v) is 12.5. The molecule has 19 heavy (non-hydrogen) atoms. The van der Waals surface area contributed by atoms with Crippen LogP contribution in [0.15, 0.2) is 15.4 Å². The number of nitrogens with zero attached hydrogens (tertiary/aromatic N) is 5. The van der Waals surface area contributed by atoms with E-state index in [9.17, 15) is 0 Å². The molecular weight excluding hydrogens is 282 g/mol. The van der Waals surface area contributed by atoms with Crippen molar-refractivity contribution < 1.29 is 0 Å². The van der Waals surface area contributed by atoms with Crippen LogP contribution in [0.5, 0.6) is 0 Å². The molecule has 0 unspecified atom stereocenters. The lowest BCUT2D eigenvalue weighted by atomic mass is 10.4. The number of hydrogen-bond acceptors (Lipinski definition) is 9. The van der Waals surface area contributed by atoms with Crippen LogP contribution in [-0.4, -0.2) is 34.3 Å². The number of rotatable bonds is 5. The van der Waals surface area contributed by atoms with Gasteiger partial charge in [-0.3, -0.25) is 0 Å². The highest BCUT2D eigenvalue weighted by Gasteiger charge is 2.10. The largest absolute Gasteiger partial charge is 0.353 e. The van der Waals surface area contributed by atoms with Gasteiger partial charge in [-0.1, -0.05) is 18.3 Å². The van der Waals surface area contributed by atoms with Gasteiger partial charge in [0.25, 0.3) is 0 Å². The molecule has 2 rings (SSSR count). The summed E-state index contributed by atoms with van der Waals surface area (Å²) in [7, 11) is 3.87. The Kier molecular flexibility index (Phi) is 4.51. The van der Waals surface area contributed by atoms with E-state index in [0.717, 1.165) is 26.7 Å². The van der Waals surface area contributed by atoms with Crippen molar-refractivity contribution in [1.82, 2.24) is 20.2 Å². The fourth-order valence-corrected chi connectivity index (χ4v) is 3.00. The topological polar surface area (TPSA) is 92.8 Å². The predicted molar refractivity (Wildman–Crippen MR) is 77.6 cm³/mol. The van der Waals surface area contributed by atoms with Gasteiger partial charge < -0.3 is 10.3 Å². The molecule has 0 saturated heterocycles. The van der Waals surface area contributed by atoms with Crippen LogP contribution < -0.4 is 16.2 Å².